The first kappa shape index (κ1) is 53.6. The van der Waals surface area contributed by atoms with Crippen LogP contribution in [0.5, 0.6) is 5.75 Å². The molecule has 16 nitrogen and oxygen atoms in total. The van der Waals surface area contributed by atoms with E-state index < -0.39 is 70.7 Å². The first-order valence-electron chi connectivity index (χ1n) is 23.5. The molecule has 4 bridgehead atoms. The van der Waals surface area contributed by atoms with Crippen LogP contribution in [0.2, 0.25) is 0 Å². The Morgan fingerprint density at radius 1 is 1.04 bits per heavy atom. The average molecular weight is 1040 g/mol. The summed E-state index contributed by atoms with van der Waals surface area (Å²) in [5, 5.41) is 15.3. The molecular weight excluding hydrogens is 972 g/mol. The number of methoxy groups -OCH3 is 2. The fourth-order valence-electron chi connectivity index (χ4n) is 9.43. The van der Waals surface area contributed by atoms with Crippen molar-refractivity contribution < 1.29 is 57.5 Å². The van der Waals surface area contributed by atoms with Crippen molar-refractivity contribution in [1.82, 2.24) is 15.5 Å². The van der Waals surface area contributed by atoms with Crippen molar-refractivity contribution in [3.05, 3.63) is 107 Å². The minimum atomic E-state index is -2.01. The number of hydrogen-bond donors (Lipinski definition) is 3. The number of epoxide rings is 1. The monoisotopic (exact) mass is 1030 g/mol. The number of alkyl carbamates (subject to hydrolysis) is 2. The predicted octanol–water partition coefficient (Wildman–Crippen LogP) is 7.74. The number of halogens is 1. The lowest BCUT2D eigenvalue weighted by Gasteiger charge is -2.46. The molecule has 0 spiro atoms. The maximum absolute atomic E-state index is 14.3. The second-order valence-electron chi connectivity index (χ2n) is 18.6. The zero-order chi connectivity index (χ0) is 51.3. The number of allylic oxidation sites excluding steroid dienone is 3. The normalized spacial score (nSPS) is 27.8. The van der Waals surface area contributed by atoms with Gasteiger partial charge in [0.15, 0.2) is 10.8 Å². The third kappa shape index (κ3) is 12.2. The summed E-state index contributed by atoms with van der Waals surface area (Å²) in [6, 6.07) is 20.7. The SMILES string of the molecule is COc1cc2cc(c1)N(C)C(=O)C[C@H](OC(=O)[C@H](C)N(C)C(=O)CCSSCCNC(=O)OCC1c3ccccc3-c3ccccc31)C1(C)O[C@H]1[C@@H](C)[C@@]1(Cl)C[C@@](O)(NC(=O)O1)[C@H](OC)/C=C/C=C(\C)C2. The first-order valence-corrected chi connectivity index (χ1v) is 26.4. The Hall–Kier alpha value is -5.24. The van der Waals surface area contributed by atoms with Crippen molar-refractivity contribution in [1.29, 1.82) is 0 Å². The van der Waals surface area contributed by atoms with E-state index in [-0.39, 0.29) is 37.7 Å². The van der Waals surface area contributed by atoms with Crippen LogP contribution in [0.25, 0.3) is 11.1 Å². The quantitative estimate of drug-likeness (QED) is 0.0354. The van der Waals surface area contributed by atoms with Gasteiger partial charge in [-0.3, -0.25) is 14.9 Å². The fourth-order valence-corrected chi connectivity index (χ4v) is 11.7. The molecule has 7 rings (SSSR count). The number of carbonyl (C=O) groups excluding carboxylic acids is 5. The lowest BCUT2D eigenvalue weighted by molar-refractivity contribution is -0.162. The van der Waals surface area contributed by atoms with E-state index in [2.05, 4.69) is 34.9 Å². The Balaban J connectivity index is 0.960. The van der Waals surface area contributed by atoms with Crippen LogP contribution < -0.4 is 20.3 Å². The van der Waals surface area contributed by atoms with Crippen molar-refractivity contribution in [2.24, 2.45) is 5.92 Å². The highest BCUT2D eigenvalue weighted by molar-refractivity contribution is 8.76. The van der Waals surface area contributed by atoms with E-state index in [1.165, 1.54) is 52.7 Å². The van der Waals surface area contributed by atoms with E-state index >= 15 is 0 Å². The van der Waals surface area contributed by atoms with Crippen molar-refractivity contribution in [2.45, 2.75) is 100 Å². The highest BCUT2D eigenvalue weighted by Crippen LogP contribution is 2.53. The molecule has 19 heteroatoms. The maximum Gasteiger partial charge on any atom is 0.411 e. The van der Waals surface area contributed by atoms with E-state index in [1.807, 2.05) is 49.4 Å². The molecule has 8 atom stereocenters. The minimum absolute atomic E-state index is 0.0342. The number of alkyl halides is 1. The van der Waals surface area contributed by atoms with Crippen LogP contribution in [-0.4, -0.2) is 134 Å². The van der Waals surface area contributed by atoms with Gasteiger partial charge in [0.05, 0.1) is 26.1 Å². The third-order valence-electron chi connectivity index (χ3n) is 13.8. The number of carbonyl (C=O) groups is 5. The first-order chi connectivity index (χ1) is 33.8. The predicted molar refractivity (Wildman–Crippen MR) is 273 cm³/mol. The Kier molecular flexibility index (Phi) is 17.1. The number of esters is 1. The molecule has 3 aromatic rings. The number of anilines is 1. The van der Waals surface area contributed by atoms with Gasteiger partial charge in [-0.05, 0) is 67.1 Å². The average Bonchev–Trinajstić information content (AvgIpc) is 3.94. The van der Waals surface area contributed by atoms with Gasteiger partial charge in [0, 0.05) is 69.3 Å². The van der Waals surface area contributed by atoms with Gasteiger partial charge in [-0.25, -0.2) is 14.4 Å². The lowest BCUT2D eigenvalue weighted by Crippen LogP contribution is -2.66. The molecule has 3 heterocycles. The number of nitrogens with one attached hydrogen (secondary N) is 2. The Bertz CT molecular complexity index is 2500. The van der Waals surface area contributed by atoms with Gasteiger partial charge in [-0.2, -0.15) is 0 Å². The van der Waals surface area contributed by atoms with Crippen LogP contribution in [0.4, 0.5) is 15.3 Å². The summed E-state index contributed by atoms with van der Waals surface area (Å²) >= 11 is 7.14. The van der Waals surface area contributed by atoms with Gasteiger partial charge in [-0.1, -0.05) is 112 Å². The Morgan fingerprint density at radius 2 is 1.72 bits per heavy atom. The number of hydrogen-bond acceptors (Lipinski definition) is 14. The van der Waals surface area contributed by atoms with Crippen LogP contribution in [0, 0.1) is 5.92 Å². The summed E-state index contributed by atoms with van der Waals surface area (Å²) in [6.07, 6.45) is 0.540. The number of rotatable bonds is 14. The van der Waals surface area contributed by atoms with E-state index in [9.17, 15) is 29.1 Å². The molecule has 4 aliphatic rings. The van der Waals surface area contributed by atoms with Crippen LogP contribution >= 0.6 is 33.2 Å². The molecule has 1 unspecified atom stereocenters. The van der Waals surface area contributed by atoms with E-state index in [1.54, 1.807) is 46.0 Å². The molecule has 0 saturated carbocycles. The number of nitrogens with zero attached hydrogens (tertiary/aromatic N) is 2. The minimum Gasteiger partial charge on any atom is -0.497 e. The number of likely N-dealkylation sites (N-methyl/N-ethyl adjacent to an activating group) is 1. The molecule has 3 aromatic carbocycles. The number of amides is 4. The summed E-state index contributed by atoms with van der Waals surface area (Å²) in [5.74, 6) is -0.806. The van der Waals surface area contributed by atoms with Crippen LogP contribution in [0.15, 0.2) is 90.5 Å². The number of fused-ring (bicyclic) bond motifs is 8. The standard InChI is InChI=1S/C52H63ClN4O12S2/c1-31-14-13-19-42(65-8)52(63)30-51(53,69-49(62)55-52)32(2)46-50(4,68-46)43(28-45(59)57(6)35-25-34(24-31)26-36(27-35)64-7)67-47(60)33(3)56(5)44(58)20-22-70-71-23-21-54-48(61)66-29-41-39-17-11-9-15-37(39)38-16-10-12-18-40(38)41/h9-19,25-27,32-33,41-43,46,63H,20-24,28-30H2,1-8H3,(H,54,61)(H,55,62)/b19-13+,31-14+/t32-,33+,42-,43+,46+,50?,51-,52+/m1/s1. The van der Waals surface area contributed by atoms with Crippen molar-refractivity contribution in [2.75, 3.05) is 57.9 Å². The second-order valence-corrected chi connectivity index (χ2v) is 21.9. The van der Waals surface area contributed by atoms with E-state index in [4.69, 9.17) is 40.0 Å². The van der Waals surface area contributed by atoms with E-state index in [0.29, 0.717) is 35.9 Å². The largest absolute Gasteiger partial charge is 0.497 e. The molecule has 71 heavy (non-hydrogen) atoms. The molecule has 4 amide bonds. The summed E-state index contributed by atoms with van der Waals surface area (Å²) in [6.45, 7) is 7.42. The van der Waals surface area contributed by atoms with Gasteiger partial charge in [0.25, 0.3) is 0 Å². The number of aliphatic hydroxyl groups is 1. The summed E-state index contributed by atoms with van der Waals surface area (Å²) in [7, 11) is 9.03. The topological polar surface area (TPSA) is 195 Å². The Morgan fingerprint density at radius 3 is 2.39 bits per heavy atom. The van der Waals surface area contributed by atoms with Crippen molar-refractivity contribution in [3.8, 4) is 16.9 Å². The highest BCUT2D eigenvalue weighted by atomic mass is 35.5. The lowest BCUT2D eigenvalue weighted by atomic mass is 9.83. The molecule has 2 saturated heterocycles. The summed E-state index contributed by atoms with van der Waals surface area (Å²) in [4.78, 5) is 70.2. The molecule has 382 valence electrons. The molecule has 3 N–H and O–H groups in total. The van der Waals surface area contributed by atoms with Crippen LogP contribution in [0.1, 0.15) is 69.6 Å². The maximum atomic E-state index is 14.3. The summed E-state index contributed by atoms with van der Waals surface area (Å²) < 4.78 is 35.0. The fraction of sp³-hybridized carbons (Fsp3) is 0.481. The smallest absolute Gasteiger partial charge is 0.411 e. The molecular formula is C52H63ClN4O12S2. The molecule has 0 radical (unpaired) electrons. The number of benzene rings is 3. The number of ether oxygens (including phenoxy) is 6. The molecule has 2 fully saturated rings. The van der Waals surface area contributed by atoms with Gasteiger partial charge in [0.1, 0.15) is 36.2 Å². The second kappa shape index (κ2) is 22.7. The van der Waals surface area contributed by atoms with Gasteiger partial charge in [-0.15, -0.1) is 0 Å². The Labute approximate surface area is 427 Å². The van der Waals surface area contributed by atoms with Gasteiger partial charge >= 0.3 is 18.2 Å². The van der Waals surface area contributed by atoms with E-state index in [0.717, 1.165) is 33.4 Å². The van der Waals surface area contributed by atoms with Gasteiger partial charge in [0.2, 0.25) is 11.8 Å². The molecule has 0 aromatic heterocycles. The highest BCUT2D eigenvalue weighted by Gasteiger charge is 2.68. The molecule has 3 aliphatic heterocycles. The third-order valence-corrected chi connectivity index (χ3v) is 16.8. The van der Waals surface area contributed by atoms with Crippen molar-refractivity contribution >= 4 is 68.8 Å². The van der Waals surface area contributed by atoms with Crippen LogP contribution in [0.3, 0.4) is 0 Å². The zero-order valence-corrected chi connectivity index (χ0v) is 43.6. The molecule has 1 aliphatic carbocycles. The zero-order valence-electron chi connectivity index (χ0n) is 41.2. The van der Waals surface area contributed by atoms with Crippen molar-refractivity contribution in [3.63, 3.8) is 0 Å². The summed E-state index contributed by atoms with van der Waals surface area (Å²) in [5.41, 5.74) is 3.56. The van der Waals surface area contributed by atoms with Gasteiger partial charge < -0.3 is 48.6 Å². The van der Waals surface area contributed by atoms with Crippen LogP contribution in [-0.2, 0) is 44.5 Å².